The summed E-state index contributed by atoms with van der Waals surface area (Å²) in [7, 11) is 0. The van der Waals surface area contributed by atoms with Gasteiger partial charge in [0.1, 0.15) is 0 Å². The summed E-state index contributed by atoms with van der Waals surface area (Å²) in [6.45, 7) is 5.98. The zero-order valence-electron chi connectivity index (χ0n) is 11.4. The molecule has 97 valence electrons. The predicted octanol–water partition coefficient (Wildman–Crippen LogP) is 4.24. The fourth-order valence-corrected chi connectivity index (χ4v) is 2.13. The van der Waals surface area contributed by atoms with Gasteiger partial charge in [0.2, 0.25) is 0 Å². The first-order chi connectivity index (χ1) is 9.02. The van der Waals surface area contributed by atoms with Crippen LogP contribution >= 0.6 is 0 Å². The zero-order chi connectivity index (χ0) is 14.0. The molecule has 0 N–H and O–H groups in total. The number of nitro benzene ring substituents is 1. The number of nitrogens with zero attached hydrogens (tertiary/aromatic N) is 1. The third-order valence-corrected chi connectivity index (χ3v) is 3.25. The molecule has 0 bridgehead atoms. The molecule has 1 radical (unpaired) electrons. The molecule has 2 aromatic carbocycles. The molecule has 0 heterocycles. The van der Waals surface area contributed by atoms with Gasteiger partial charge in [0, 0.05) is 6.07 Å². The van der Waals surface area contributed by atoms with Gasteiger partial charge in [-0.3, -0.25) is 10.1 Å². The van der Waals surface area contributed by atoms with Crippen molar-refractivity contribution in [1.82, 2.24) is 0 Å². The largest absolute Gasteiger partial charge is 0.277 e. The second kappa shape index (κ2) is 5.22. The summed E-state index contributed by atoms with van der Waals surface area (Å²) < 4.78 is 0. The van der Waals surface area contributed by atoms with E-state index in [0.29, 0.717) is 5.56 Å². The summed E-state index contributed by atoms with van der Waals surface area (Å²) in [5, 5.41) is 11.2. The number of rotatable bonds is 3. The molecule has 0 aromatic heterocycles. The van der Waals surface area contributed by atoms with Crippen LogP contribution in [0.3, 0.4) is 0 Å². The third kappa shape index (κ3) is 2.65. The molecule has 19 heavy (non-hydrogen) atoms. The molecule has 0 spiro atoms. The van der Waals surface area contributed by atoms with Crippen molar-refractivity contribution in [3.63, 3.8) is 0 Å². The smallest absolute Gasteiger partial charge is 0.258 e. The average Bonchev–Trinajstić information content (AvgIpc) is 2.40. The monoisotopic (exact) mass is 254 g/mol. The lowest BCUT2D eigenvalue weighted by molar-refractivity contribution is -0.384. The SMILES string of the molecule is CCc1[c]cc([N+](=O)[O-])c(-c2cc(C)ccc2C)c1. The van der Waals surface area contributed by atoms with Crippen molar-refractivity contribution < 1.29 is 4.92 Å². The maximum absolute atomic E-state index is 11.2. The summed E-state index contributed by atoms with van der Waals surface area (Å²) in [5.74, 6) is 0. The standard InChI is InChI=1S/C16H16NO2/c1-4-13-7-8-16(17(18)19)15(10-13)14-9-11(2)5-6-12(14)3/h5-6,8-10H,4H2,1-3H3. The van der Waals surface area contributed by atoms with Crippen LogP contribution < -0.4 is 0 Å². The molecule has 0 unspecified atom stereocenters. The molecule has 0 fully saturated rings. The van der Waals surface area contributed by atoms with E-state index in [2.05, 4.69) is 6.07 Å². The molecule has 0 saturated carbocycles. The van der Waals surface area contributed by atoms with Crippen LogP contribution in [0.4, 0.5) is 5.69 Å². The normalized spacial score (nSPS) is 10.5. The van der Waals surface area contributed by atoms with Crippen LogP contribution in [0.25, 0.3) is 11.1 Å². The molecular weight excluding hydrogens is 238 g/mol. The molecule has 0 saturated heterocycles. The Bertz CT molecular complexity index is 633. The molecular formula is C16H16NO2. The van der Waals surface area contributed by atoms with Gasteiger partial charge in [0.15, 0.2) is 0 Å². The number of benzene rings is 2. The van der Waals surface area contributed by atoms with Crippen molar-refractivity contribution in [2.45, 2.75) is 27.2 Å². The highest BCUT2D eigenvalue weighted by Crippen LogP contribution is 2.33. The lowest BCUT2D eigenvalue weighted by Crippen LogP contribution is -1.95. The maximum Gasteiger partial charge on any atom is 0.277 e. The lowest BCUT2D eigenvalue weighted by atomic mass is 9.95. The van der Waals surface area contributed by atoms with Crippen LogP contribution in [-0.2, 0) is 6.42 Å². The molecule has 3 heteroatoms. The van der Waals surface area contributed by atoms with Crippen molar-refractivity contribution in [2.75, 3.05) is 0 Å². The third-order valence-electron chi connectivity index (χ3n) is 3.25. The van der Waals surface area contributed by atoms with E-state index in [1.165, 1.54) is 6.07 Å². The van der Waals surface area contributed by atoms with Crippen molar-refractivity contribution in [2.24, 2.45) is 0 Å². The van der Waals surface area contributed by atoms with Crippen molar-refractivity contribution in [3.05, 3.63) is 63.2 Å². The van der Waals surface area contributed by atoms with E-state index in [1.807, 2.05) is 45.0 Å². The Kier molecular flexibility index (Phi) is 3.65. The second-order valence-electron chi connectivity index (χ2n) is 4.69. The topological polar surface area (TPSA) is 43.1 Å². The van der Waals surface area contributed by atoms with E-state index in [4.69, 9.17) is 0 Å². The Labute approximate surface area is 113 Å². The van der Waals surface area contributed by atoms with Gasteiger partial charge in [-0.25, -0.2) is 0 Å². The number of hydrogen-bond acceptors (Lipinski definition) is 2. The van der Waals surface area contributed by atoms with E-state index in [1.54, 1.807) is 0 Å². The van der Waals surface area contributed by atoms with E-state index < -0.39 is 0 Å². The summed E-state index contributed by atoms with van der Waals surface area (Å²) in [6.07, 6.45) is 0.815. The molecule has 2 rings (SSSR count). The van der Waals surface area contributed by atoms with Crippen molar-refractivity contribution in [3.8, 4) is 11.1 Å². The van der Waals surface area contributed by atoms with E-state index >= 15 is 0 Å². The minimum absolute atomic E-state index is 0.117. The van der Waals surface area contributed by atoms with Crippen molar-refractivity contribution >= 4 is 5.69 Å². The summed E-state index contributed by atoms with van der Waals surface area (Å²) in [6, 6.07) is 12.3. The quantitative estimate of drug-likeness (QED) is 0.607. The Balaban J connectivity index is 2.71. The Morgan fingerprint density at radius 1 is 1.21 bits per heavy atom. The van der Waals surface area contributed by atoms with Gasteiger partial charge < -0.3 is 0 Å². The van der Waals surface area contributed by atoms with Crippen LogP contribution in [0.1, 0.15) is 23.6 Å². The minimum Gasteiger partial charge on any atom is -0.258 e. The van der Waals surface area contributed by atoms with Gasteiger partial charge in [-0.15, -0.1) is 0 Å². The fourth-order valence-electron chi connectivity index (χ4n) is 2.13. The fraction of sp³-hybridized carbons (Fsp3) is 0.250. The average molecular weight is 254 g/mol. The van der Waals surface area contributed by atoms with E-state index in [0.717, 1.165) is 28.7 Å². The lowest BCUT2D eigenvalue weighted by Gasteiger charge is -2.09. The number of hydrogen-bond donors (Lipinski definition) is 0. The minimum atomic E-state index is -0.340. The summed E-state index contributed by atoms with van der Waals surface area (Å²) in [4.78, 5) is 10.8. The molecule has 0 aliphatic carbocycles. The number of aryl methyl sites for hydroxylation is 3. The Hall–Kier alpha value is -2.16. The van der Waals surface area contributed by atoms with Gasteiger partial charge in [0.05, 0.1) is 10.5 Å². The molecule has 2 aromatic rings. The van der Waals surface area contributed by atoms with Crippen LogP contribution in [0, 0.1) is 30.0 Å². The van der Waals surface area contributed by atoms with Gasteiger partial charge in [-0.1, -0.05) is 30.7 Å². The van der Waals surface area contributed by atoms with Crippen LogP contribution in [0.2, 0.25) is 0 Å². The van der Waals surface area contributed by atoms with Crippen LogP contribution in [0.5, 0.6) is 0 Å². The highest BCUT2D eigenvalue weighted by Gasteiger charge is 2.17. The summed E-state index contributed by atoms with van der Waals surface area (Å²) in [5.41, 5.74) is 4.85. The first kappa shape index (κ1) is 13.3. The summed E-state index contributed by atoms with van der Waals surface area (Å²) >= 11 is 0. The second-order valence-corrected chi connectivity index (χ2v) is 4.69. The first-order valence-electron chi connectivity index (χ1n) is 6.29. The first-order valence-corrected chi connectivity index (χ1v) is 6.29. The molecule has 0 amide bonds. The Morgan fingerprint density at radius 2 is 1.95 bits per heavy atom. The predicted molar refractivity (Wildman–Crippen MR) is 76.2 cm³/mol. The molecule has 0 atom stereocenters. The highest BCUT2D eigenvalue weighted by atomic mass is 16.6. The van der Waals surface area contributed by atoms with Gasteiger partial charge in [-0.05, 0) is 49.1 Å². The van der Waals surface area contributed by atoms with Gasteiger partial charge in [-0.2, -0.15) is 0 Å². The van der Waals surface area contributed by atoms with Crippen LogP contribution in [0.15, 0.2) is 30.3 Å². The number of nitro groups is 1. The van der Waals surface area contributed by atoms with Crippen molar-refractivity contribution in [1.29, 1.82) is 0 Å². The highest BCUT2D eigenvalue weighted by molar-refractivity contribution is 5.77. The van der Waals surface area contributed by atoms with Crippen LogP contribution in [-0.4, -0.2) is 4.92 Å². The van der Waals surface area contributed by atoms with Gasteiger partial charge >= 0.3 is 0 Å². The molecule has 0 aliphatic heterocycles. The molecule has 3 nitrogen and oxygen atoms in total. The zero-order valence-corrected chi connectivity index (χ0v) is 11.4. The van der Waals surface area contributed by atoms with E-state index in [9.17, 15) is 10.1 Å². The van der Waals surface area contributed by atoms with Gasteiger partial charge in [0.25, 0.3) is 5.69 Å². The Morgan fingerprint density at radius 3 is 2.58 bits per heavy atom. The van der Waals surface area contributed by atoms with E-state index in [-0.39, 0.29) is 10.6 Å². The maximum atomic E-state index is 11.2. The molecule has 0 aliphatic rings.